The van der Waals surface area contributed by atoms with E-state index in [1.165, 1.54) is 32.1 Å². The number of hydrogen-bond acceptors (Lipinski definition) is 3. The lowest BCUT2D eigenvalue weighted by atomic mass is 9.88. The summed E-state index contributed by atoms with van der Waals surface area (Å²) >= 11 is 0. The van der Waals surface area contributed by atoms with Gasteiger partial charge in [-0.15, -0.1) is 0 Å². The molecule has 0 unspecified atom stereocenters. The van der Waals surface area contributed by atoms with Gasteiger partial charge in [-0.25, -0.2) is 0 Å². The van der Waals surface area contributed by atoms with E-state index in [-0.39, 0.29) is 6.04 Å². The van der Waals surface area contributed by atoms with E-state index in [0.717, 1.165) is 19.0 Å². The van der Waals surface area contributed by atoms with Crippen molar-refractivity contribution in [2.45, 2.75) is 38.1 Å². The lowest BCUT2D eigenvalue weighted by Crippen LogP contribution is -2.58. The number of hydrogen-bond donors (Lipinski definition) is 0. The van der Waals surface area contributed by atoms with Crippen molar-refractivity contribution in [3.05, 3.63) is 0 Å². The molecule has 1 aliphatic heterocycles. The van der Waals surface area contributed by atoms with Gasteiger partial charge in [0.1, 0.15) is 0 Å². The van der Waals surface area contributed by atoms with Crippen LogP contribution in [-0.4, -0.2) is 69.2 Å². The average molecular weight is 307 g/mol. The summed E-state index contributed by atoms with van der Waals surface area (Å²) in [6.45, 7) is -1.45. The molecule has 3 nitrogen and oxygen atoms in total. The Morgan fingerprint density at radius 3 is 2.43 bits per heavy atom. The van der Waals surface area contributed by atoms with Gasteiger partial charge in [0, 0.05) is 39.3 Å². The molecule has 0 N–H and O–H groups in total. The first-order valence-corrected chi connectivity index (χ1v) is 8.14. The molecular weight excluding hydrogens is 280 g/mol. The summed E-state index contributed by atoms with van der Waals surface area (Å²) in [7, 11) is 1.63. The van der Waals surface area contributed by atoms with Crippen LogP contribution in [0.4, 0.5) is 12.9 Å². The summed E-state index contributed by atoms with van der Waals surface area (Å²) in [6.07, 6.45) is 5.74. The van der Waals surface area contributed by atoms with Crippen LogP contribution in [0.25, 0.3) is 0 Å². The van der Waals surface area contributed by atoms with Crippen molar-refractivity contribution in [1.29, 1.82) is 0 Å². The van der Waals surface area contributed by atoms with Crippen LogP contribution in [0.2, 0.25) is 0 Å². The van der Waals surface area contributed by atoms with Crippen molar-refractivity contribution in [2.24, 2.45) is 5.92 Å². The second-order valence-corrected chi connectivity index (χ2v) is 6.58. The molecule has 0 aromatic carbocycles. The fourth-order valence-electron chi connectivity index (χ4n) is 3.71. The maximum absolute atomic E-state index is 12.6. The number of piperazine rings is 1. The van der Waals surface area contributed by atoms with Crippen LogP contribution >= 0.6 is 0 Å². The largest absolute Gasteiger partial charge is 0.492 e. The fraction of sp³-hybridized carbons (Fsp3) is 1.00. The molecule has 124 valence electrons. The average Bonchev–Trinajstić information content (AvgIpc) is 2.41. The normalized spacial score (nSPS) is 27.1. The molecule has 2 rings (SSSR count). The molecule has 21 heavy (non-hydrogen) atoms. The molecule has 1 saturated carbocycles. The minimum Gasteiger partial charge on any atom is -0.448 e. The van der Waals surface area contributed by atoms with Crippen LogP contribution in [0.1, 0.15) is 32.1 Å². The highest BCUT2D eigenvalue weighted by atomic mass is 19.4. The van der Waals surface area contributed by atoms with Gasteiger partial charge in [-0.3, -0.25) is 4.90 Å². The van der Waals surface area contributed by atoms with Crippen molar-refractivity contribution >= 4 is 6.98 Å². The first-order valence-electron chi connectivity index (χ1n) is 8.14. The zero-order valence-corrected chi connectivity index (χ0v) is 12.9. The predicted octanol–water partition coefficient (Wildman–Crippen LogP) is 2.59. The van der Waals surface area contributed by atoms with Crippen LogP contribution < -0.4 is 0 Å². The Labute approximate surface area is 125 Å². The summed E-state index contributed by atoms with van der Waals surface area (Å²) in [6, 6.07) is 0.101. The standard InChI is InChI=1S/C14H27BF3N2O/c1-21-11-14-10-19(12-15(16,17)18)7-8-20(14)9-13-5-3-2-4-6-13/h13-14H,2-12H2,1H3/q-1/t14-/m1/s1. The van der Waals surface area contributed by atoms with E-state index in [0.29, 0.717) is 19.7 Å². The second-order valence-electron chi connectivity index (χ2n) is 6.58. The Morgan fingerprint density at radius 1 is 1.10 bits per heavy atom. The third-order valence-electron chi connectivity index (χ3n) is 4.73. The molecule has 0 bridgehead atoms. The van der Waals surface area contributed by atoms with Gasteiger partial charge in [-0.1, -0.05) is 19.3 Å². The van der Waals surface area contributed by atoms with Crippen molar-refractivity contribution in [1.82, 2.24) is 9.80 Å². The Kier molecular flexibility index (Phi) is 6.38. The fourth-order valence-corrected chi connectivity index (χ4v) is 3.71. The maximum atomic E-state index is 12.6. The molecule has 0 radical (unpaired) electrons. The highest BCUT2D eigenvalue weighted by Crippen LogP contribution is 2.26. The summed E-state index contributed by atoms with van der Waals surface area (Å²) in [5.74, 6) is 0.719. The Hall–Kier alpha value is -0.265. The van der Waals surface area contributed by atoms with Gasteiger partial charge < -0.3 is 22.6 Å². The third kappa shape index (κ3) is 5.79. The first kappa shape index (κ1) is 17.1. The Morgan fingerprint density at radius 2 is 1.81 bits per heavy atom. The Balaban J connectivity index is 1.86. The van der Waals surface area contributed by atoms with Crippen LogP contribution in [0.3, 0.4) is 0 Å². The van der Waals surface area contributed by atoms with E-state index in [1.54, 1.807) is 12.0 Å². The van der Waals surface area contributed by atoms with Crippen molar-refractivity contribution < 1.29 is 17.7 Å². The molecule has 0 aromatic heterocycles. The molecule has 2 aliphatic rings. The van der Waals surface area contributed by atoms with E-state index in [1.807, 2.05) is 0 Å². The zero-order valence-electron chi connectivity index (χ0n) is 12.9. The summed E-state index contributed by atoms with van der Waals surface area (Å²) in [5.41, 5.74) is 0. The van der Waals surface area contributed by atoms with Gasteiger partial charge in [0.05, 0.1) is 6.61 Å². The predicted molar refractivity (Wildman–Crippen MR) is 79.3 cm³/mol. The molecule has 2 fully saturated rings. The smallest absolute Gasteiger partial charge is 0.448 e. The van der Waals surface area contributed by atoms with Crippen molar-refractivity contribution in [3.8, 4) is 0 Å². The lowest BCUT2D eigenvalue weighted by molar-refractivity contribution is 0.0167. The first-order chi connectivity index (χ1) is 9.98. The molecule has 1 atom stereocenters. The molecular formula is C14H27BF3N2O-. The van der Waals surface area contributed by atoms with E-state index < -0.39 is 13.4 Å². The van der Waals surface area contributed by atoms with Crippen molar-refractivity contribution in [2.75, 3.05) is 46.3 Å². The molecule has 0 aromatic rings. The van der Waals surface area contributed by atoms with Crippen molar-refractivity contribution in [3.63, 3.8) is 0 Å². The van der Waals surface area contributed by atoms with Gasteiger partial charge in [0.2, 0.25) is 0 Å². The Bertz CT molecular complexity index is 311. The molecule has 0 amide bonds. The van der Waals surface area contributed by atoms with Crippen LogP contribution in [0.5, 0.6) is 0 Å². The number of rotatable bonds is 6. The summed E-state index contributed by atoms with van der Waals surface area (Å²) in [5, 5.41) is 0. The number of halogens is 3. The highest BCUT2D eigenvalue weighted by molar-refractivity contribution is 6.58. The summed E-state index contributed by atoms with van der Waals surface area (Å²) < 4.78 is 43.0. The highest BCUT2D eigenvalue weighted by Gasteiger charge is 2.33. The van der Waals surface area contributed by atoms with Gasteiger partial charge in [0.25, 0.3) is 0 Å². The van der Waals surface area contributed by atoms with E-state index in [2.05, 4.69) is 4.90 Å². The zero-order chi connectivity index (χ0) is 15.3. The number of methoxy groups -OCH3 is 1. The molecule has 1 heterocycles. The molecule has 0 spiro atoms. The number of nitrogens with zero attached hydrogens (tertiary/aromatic N) is 2. The topological polar surface area (TPSA) is 15.7 Å². The quantitative estimate of drug-likeness (QED) is 0.702. The van der Waals surface area contributed by atoms with E-state index in [4.69, 9.17) is 4.74 Å². The minimum absolute atomic E-state index is 0.101. The third-order valence-corrected chi connectivity index (χ3v) is 4.73. The van der Waals surface area contributed by atoms with E-state index >= 15 is 0 Å². The lowest BCUT2D eigenvalue weighted by Gasteiger charge is -2.44. The minimum atomic E-state index is -4.73. The van der Waals surface area contributed by atoms with Gasteiger partial charge >= 0.3 is 6.98 Å². The van der Waals surface area contributed by atoms with E-state index in [9.17, 15) is 12.9 Å². The van der Waals surface area contributed by atoms with Crippen LogP contribution in [0, 0.1) is 5.92 Å². The molecule has 1 saturated heterocycles. The maximum Gasteiger partial charge on any atom is 0.492 e. The summed E-state index contributed by atoms with van der Waals surface area (Å²) in [4.78, 5) is 3.90. The van der Waals surface area contributed by atoms with Gasteiger partial charge in [-0.2, -0.15) is 0 Å². The van der Waals surface area contributed by atoms with Gasteiger partial charge in [-0.05, 0) is 25.2 Å². The van der Waals surface area contributed by atoms with Gasteiger partial charge in [0.15, 0.2) is 0 Å². The molecule has 1 aliphatic carbocycles. The van der Waals surface area contributed by atoms with Crippen LogP contribution in [0.15, 0.2) is 0 Å². The monoisotopic (exact) mass is 307 g/mol. The SMILES string of the molecule is COC[C@H]1CN(C[B-](F)(F)F)CCN1CC1CCCCC1. The molecule has 7 heteroatoms. The number of ether oxygens (including phenoxy) is 1. The van der Waals surface area contributed by atoms with Crippen LogP contribution in [-0.2, 0) is 4.74 Å². The second kappa shape index (κ2) is 7.83.